The average molecular weight is 352 g/mol. The van der Waals surface area contributed by atoms with Gasteiger partial charge in [0.1, 0.15) is 0 Å². The van der Waals surface area contributed by atoms with E-state index in [0.29, 0.717) is 6.04 Å². The van der Waals surface area contributed by atoms with Gasteiger partial charge < -0.3 is 0 Å². The molecule has 2 rings (SSSR count). The van der Waals surface area contributed by atoms with Crippen molar-refractivity contribution in [3.8, 4) is 0 Å². The van der Waals surface area contributed by atoms with Crippen molar-refractivity contribution < 1.29 is 0 Å². The molecule has 0 saturated carbocycles. The van der Waals surface area contributed by atoms with E-state index in [-0.39, 0.29) is 0 Å². The summed E-state index contributed by atoms with van der Waals surface area (Å²) in [6.45, 7) is 3.21. The fourth-order valence-electron chi connectivity index (χ4n) is 1.82. The lowest BCUT2D eigenvalue weighted by molar-refractivity contribution is 0.477. The van der Waals surface area contributed by atoms with Gasteiger partial charge in [0.15, 0.2) is 0 Å². The summed E-state index contributed by atoms with van der Waals surface area (Å²) >= 11 is 8.22. The second kappa shape index (κ2) is 5.08. The molecule has 80 valence electrons. The molecule has 0 spiro atoms. The molecule has 0 amide bonds. The Labute approximate surface area is 112 Å². The van der Waals surface area contributed by atoms with Gasteiger partial charge in [0.05, 0.1) is 6.04 Å². The van der Waals surface area contributed by atoms with Crippen LogP contribution in [0.3, 0.4) is 0 Å². The molecule has 1 aliphatic rings. The Morgan fingerprint density at radius 1 is 1.40 bits per heavy atom. The van der Waals surface area contributed by atoms with E-state index in [1.165, 1.54) is 11.1 Å². The fraction of sp³-hybridized carbons (Fsp3) is 0.273. The van der Waals surface area contributed by atoms with Crippen molar-refractivity contribution in [1.29, 1.82) is 0 Å². The first-order valence-corrected chi connectivity index (χ1v) is 8.39. The standard InChI is InChI=1S/C11H11ClINS/c1-8-6-7-14(15-13)11(8)9-2-4-10(12)5-3-9/h2-6,11H,7H2,1H3. The summed E-state index contributed by atoms with van der Waals surface area (Å²) < 4.78 is 2.36. The first kappa shape index (κ1) is 11.8. The molecule has 1 nitrogen and oxygen atoms in total. The Morgan fingerprint density at radius 2 is 2.07 bits per heavy atom. The third kappa shape index (κ3) is 2.52. The molecule has 1 atom stereocenters. The Hall–Kier alpha value is 0.290. The van der Waals surface area contributed by atoms with Gasteiger partial charge in [-0.05, 0) is 33.7 Å². The molecule has 1 heterocycles. The van der Waals surface area contributed by atoms with Gasteiger partial charge in [0, 0.05) is 32.8 Å². The maximum Gasteiger partial charge on any atom is 0.0670 e. The predicted octanol–water partition coefficient (Wildman–Crippen LogP) is 4.64. The number of nitrogens with zero attached hydrogens (tertiary/aromatic N) is 1. The van der Waals surface area contributed by atoms with Crippen LogP contribution in [-0.4, -0.2) is 10.8 Å². The molecule has 0 aromatic heterocycles. The lowest BCUT2D eigenvalue weighted by Crippen LogP contribution is -2.15. The van der Waals surface area contributed by atoms with Crippen LogP contribution in [0.15, 0.2) is 35.9 Å². The predicted molar refractivity (Wildman–Crippen MR) is 76.3 cm³/mol. The highest BCUT2D eigenvalue weighted by Crippen LogP contribution is 2.39. The topological polar surface area (TPSA) is 3.24 Å². The minimum absolute atomic E-state index is 0.407. The second-order valence-corrected chi connectivity index (χ2v) is 5.80. The number of halogens is 2. The van der Waals surface area contributed by atoms with E-state index in [4.69, 9.17) is 11.6 Å². The quantitative estimate of drug-likeness (QED) is 0.434. The summed E-state index contributed by atoms with van der Waals surface area (Å²) in [6, 6.07) is 8.53. The van der Waals surface area contributed by atoms with E-state index < -0.39 is 0 Å². The van der Waals surface area contributed by atoms with Crippen LogP contribution in [0.2, 0.25) is 5.02 Å². The Balaban J connectivity index is 2.28. The van der Waals surface area contributed by atoms with Crippen molar-refractivity contribution in [2.75, 3.05) is 6.54 Å². The third-order valence-corrected chi connectivity index (χ3v) is 4.89. The Kier molecular flexibility index (Phi) is 3.98. The van der Waals surface area contributed by atoms with Gasteiger partial charge in [-0.3, -0.25) is 0 Å². The molecule has 4 heteroatoms. The summed E-state index contributed by atoms with van der Waals surface area (Å²) in [4.78, 5) is 0. The van der Waals surface area contributed by atoms with Gasteiger partial charge in [-0.25, -0.2) is 4.31 Å². The molecule has 1 unspecified atom stereocenters. The van der Waals surface area contributed by atoms with Crippen molar-refractivity contribution >= 4 is 41.9 Å². The molecule has 0 radical (unpaired) electrons. The number of hydrogen-bond acceptors (Lipinski definition) is 2. The molecule has 0 N–H and O–H groups in total. The highest BCUT2D eigenvalue weighted by Gasteiger charge is 2.25. The zero-order valence-corrected chi connectivity index (χ0v) is 12.0. The summed E-state index contributed by atoms with van der Waals surface area (Å²) in [7, 11) is 1.76. The van der Waals surface area contributed by atoms with Gasteiger partial charge in [-0.1, -0.05) is 35.4 Å². The second-order valence-electron chi connectivity index (χ2n) is 3.57. The molecule has 0 bridgehead atoms. The van der Waals surface area contributed by atoms with Crippen molar-refractivity contribution in [2.24, 2.45) is 0 Å². The number of benzene rings is 1. The van der Waals surface area contributed by atoms with Crippen LogP contribution in [0, 0.1) is 0 Å². The minimum atomic E-state index is 0.407. The normalized spacial score (nSPS) is 21.8. The van der Waals surface area contributed by atoms with Crippen LogP contribution in [0.25, 0.3) is 0 Å². The maximum absolute atomic E-state index is 5.89. The molecule has 1 aromatic rings. The number of hydrogen-bond donors (Lipinski definition) is 0. The van der Waals surface area contributed by atoms with Gasteiger partial charge in [-0.2, -0.15) is 0 Å². The van der Waals surface area contributed by atoms with Crippen molar-refractivity contribution in [3.05, 3.63) is 46.5 Å². The number of rotatable bonds is 2. The Morgan fingerprint density at radius 3 is 2.67 bits per heavy atom. The molecule has 1 aromatic carbocycles. The van der Waals surface area contributed by atoms with Crippen LogP contribution >= 0.6 is 41.9 Å². The van der Waals surface area contributed by atoms with Crippen molar-refractivity contribution in [3.63, 3.8) is 0 Å². The molecule has 1 aliphatic heterocycles. The SMILES string of the molecule is CC1=CCN(SI)C1c1ccc(Cl)cc1. The maximum atomic E-state index is 5.89. The molecular weight excluding hydrogens is 341 g/mol. The first-order valence-electron chi connectivity index (χ1n) is 4.70. The lowest BCUT2D eigenvalue weighted by Gasteiger charge is -2.23. The monoisotopic (exact) mass is 351 g/mol. The smallest absolute Gasteiger partial charge is 0.0670 e. The Bertz CT molecular complexity index is 377. The van der Waals surface area contributed by atoms with E-state index in [1.807, 2.05) is 12.1 Å². The van der Waals surface area contributed by atoms with Crippen LogP contribution < -0.4 is 0 Å². The van der Waals surface area contributed by atoms with Crippen LogP contribution in [0.5, 0.6) is 0 Å². The molecular formula is C11H11ClINS. The first-order chi connectivity index (χ1) is 7.22. The van der Waals surface area contributed by atoms with Crippen molar-refractivity contribution in [1.82, 2.24) is 4.31 Å². The minimum Gasteiger partial charge on any atom is -0.226 e. The van der Waals surface area contributed by atoms with Gasteiger partial charge >= 0.3 is 0 Å². The van der Waals surface area contributed by atoms with Crippen LogP contribution in [0.1, 0.15) is 18.5 Å². The van der Waals surface area contributed by atoms with E-state index in [1.54, 1.807) is 9.12 Å². The van der Waals surface area contributed by atoms with Gasteiger partial charge in [-0.15, -0.1) is 0 Å². The fourth-order valence-corrected chi connectivity index (χ4v) is 3.61. The summed E-state index contributed by atoms with van der Waals surface area (Å²) in [5.41, 5.74) is 2.73. The zero-order chi connectivity index (χ0) is 10.8. The summed E-state index contributed by atoms with van der Waals surface area (Å²) in [5.74, 6) is 0. The molecule has 0 fully saturated rings. The highest BCUT2D eigenvalue weighted by molar-refractivity contribution is 14.2. The van der Waals surface area contributed by atoms with E-state index in [0.717, 1.165) is 11.6 Å². The summed E-state index contributed by atoms with van der Waals surface area (Å²) in [5, 5.41) is 0.798. The largest absolute Gasteiger partial charge is 0.226 e. The van der Waals surface area contributed by atoms with Crippen LogP contribution in [0.4, 0.5) is 0 Å². The van der Waals surface area contributed by atoms with Gasteiger partial charge in [0.25, 0.3) is 0 Å². The van der Waals surface area contributed by atoms with E-state index >= 15 is 0 Å². The third-order valence-electron chi connectivity index (χ3n) is 2.59. The van der Waals surface area contributed by atoms with E-state index in [2.05, 4.69) is 50.6 Å². The summed E-state index contributed by atoms with van der Waals surface area (Å²) in [6.07, 6.45) is 2.28. The van der Waals surface area contributed by atoms with E-state index in [9.17, 15) is 0 Å². The van der Waals surface area contributed by atoms with Crippen molar-refractivity contribution in [2.45, 2.75) is 13.0 Å². The highest BCUT2D eigenvalue weighted by atomic mass is 127. The van der Waals surface area contributed by atoms with Gasteiger partial charge in [0.2, 0.25) is 0 Å². The lowest BCUT2D eigenvalue weighted by atomic mass is 10.0. The zero-order valence-electron chi connectivity index (χ0n) is 8.28. The average Bonchev–Trinajstić information content (AvgIpc) is 2.61. The van der Waals surface area contributed by atoms with Crippen LogP contribution in [-0.2, 0) is 0 Å². The molecule has 15 heavy (non-hydrogen) atoms. The molecule has 0 aliphatic carbocycles. The molecule has 0 saturated heterocycles.